The van der Waals surface area contributed by atoms with Crippen LogP contribution in [0.5, 0.6) is 5.75 Å². The van der Waals surface area contributed by atoms with Crippen LogP contribution in [-0.2, 0) is 9.59 Å². The molecular formula is C26H30ClFN4O4. The molecule has 0 spiro atoms. The number of hydrogen-bond donors (Lipinski definition) is 3. The first-order valence-electron chi connectivity index (χ1n) is 12.1. The minimum absolute atomic E-state index is 0.0823. The molecule has 1 aromatic carbocycles. The Morgan fingerprint density at radius 3 is 2.64 bits per heavy atom. The summed E-state index contributed by atoms with van der Waals surface area (Å²) in [5.41, 5.74) is -0.230. The number of nitrogens with zero attached hydrogens (tertiary/aromatic N) is 1. The van der Waals surface area contributed by atoms with Gasteiger partial charge in [0.2, 0.25) is 11.8 Å². The molecule has 192 valence electrons. The van der Waals surface area contributed by atoms with E-state index in [4.69, 9.17) is 16.3 Å². The molecule has 2 aromatic rings. The van der Waals surface area contributed by atoms with Crippen LogP contribution < -0.4 is 15.4 Å². The van der Waals surface area contributed by atoms with E-state index in [1.807, 2.05) is 13.8 Å². The van der Waals surface area contributed by atoms with E-state index in [0.717, 1.165) is 12.8 Å². The second kappa shape index (κ2) is 10.1. The van der Waals surface area contributed by atoms with Crippen LogP contribution in [0.1, 0.15) is 62.9 Å². The van der Waals surface area contributed by atoms with Crippen LogP contribution in [0.4, 0.5) is 4.39 Å². The van der Waals surface area contributed by atoms with E-state index in [-0.39, 0.29) is 52.1 Å². The van der Waals surface area contributed by atoms with Crippen molar-refractivity contribution < 1.29 is 23.5 Å². The van der Waals surface area contributed by atoms with E-state index in [1.54, 1.807) is 12.1 Å². The number of H-pyrrole nitrogens is 1. The molecule has 4 rings (SSSR count). The van der Waals surface area contributed by atoms with Gasteiger partial charge in [-0.1, -0.05) is 24.4 Å². The summed E-state index contributed by atoms with van der Waals surface area (Å²) in [4.78, 5) is 41.4. The van der Waals surface area contributed by atoms with Crippen LogP contribution in [0.3, 0.4) is 0 Å². The number of amides is 2. The first-order chi connectivity index (χ1) is 17.0. The Bertz CT molecular complexity index is 1250. The van der Waals surface area contributed by atoms with Gasteiger partial charge < -0.3 is 20.4 Å². The summed E-state index contributed by atoms with van der Waals surface area (Å²) < 4.78 is 20.5. The van der Waals surface area contributed by atoms with Gasteiger partial charge in [0, 0.05) is 23.8 Å². The van der Waals surface area contributed by atoms with Gasteiger partial charge in [0.05, 0.1) is 29.1 Å². The van der Waals surface area contributed by atoms with Crippen molar-refractivity contribution in [1.82, 2.24) is 15.6 Å². The lowest BCUT2D eigenvalue weighted by molar-refractivity contribution is -0.127. The van der Waals surface area contributed by atoms with Crippen LogP contribution in [0.2, 0.25) is 5.02 Å². The lowest BCUT2D eigenvalue weighted by Gasteiger charge is -2.20. The quantitative estimate of drug-likeness (QED) is 0.407. The van der Waals surface area contributed by atoms with Crippen molar-refractivity contribution in [3.63, 3.8) is 0 Å². The van der Waals surface area contributed by atoms with E-state index in [9.17, 15) is 19.6 Å². The molecule has 3 atom stereocenters. The van der Waals surface area contributed by atoms with Crippen LogP contribution >= 0.6 is 11.6 Å². The number of carbonyl (C=O) groups is 3. The highest BCUT2D eigenvalue weighted by Crippen LogP contribution is 2.39. The predicted octanol–water partition coefficient (Wildman–Crippen LogP) is 4.27. The molecule has 36 heavy (non-hydrogen) atoms. The summed E-state index contributed by atoms with van der Waals surface area (Å²) in [5, 5.41) is 15.6. The van der Waals surface area contributed by atoms with Gasteiger partial charge in [-0.15, -0.1) is 0 Å². The van der Waals surface area contributed by atoms with Gasteiger partial charge in [-0.2, -0.15) is 5.26 Å². The third-order valence-corrected chi connectivity index (χ3v) is 7.29. The molecule has 1 saturated carbocycles. The van der Waals surface area contributed by atoms with Crippen molar-refractivity contribution in [2.45, 2.75) is 64.0 Å². The maximum absolute atomic E-state index is 15.3. The first-order valence-corrected chi connectivity index (χ1v) is 12.5. The summed E-state index contributed by atoms with van der Waals surface area (Å²) in [6.45, 7) is 3.82. The monoisotopic (exact) mass is 516 g/mol. The maximum atomic E-state index is 15.3. The normalized spacial score (nSPS) is 20.4. The number of nitriles is 1. The van der Waals surface area contributed by atoms with Crippen LogP contribution in [0.15, 0.2) is 12.1 Å². The fourth-order valence-electron chi connectivity index (χ4n) is 5.05. The number of halogens is 2. The standard InChI is InChI=1S/C26H30ClFN4O4/c1-26(2)11-15(25(35)32-26)9-16(12-29)30-24(34)14(8-13-4-5-13)10-19(33)22-21(28)20-18(31-22)7-6-17(27)23(20)36-3/h6-7,13-16,31H,4-5,8-11H2,1-3H3,(H,30,34)(H,32,35)/t14-,15-,16+/m1/s1. The van der Waals surface area contributed by atoms with E-state index in [0.29, 0.717) is 24.3 Å². The number of Topliss-reactive ketones (excluding diaryl/α,β-unsaturated/α-hetero) is 1. The Hall–Kier alpha value is -3.12. The second-order valence-corrected chi connectivity index (χ2v) is 10.9. The third-order valence-electron chi connectivity index (χ3n) is 6.99. The first kappa shape index (κ1) is 26.0. The van der Waals surface area contributed by atoms with Gasteiger partial charge in [-0.05, 0) is 51.2 Å². The second-order valence-electron chi connectivity index (χ2n) is 10.5. The lowest BCUT2D eigenvalue weighted by Crippen LogP contribution is -2.41. The average Bonchev–Trinajstić information content (AvgIpc) is 3.52. The molecule has 0 bridgehead atoms. The molecule has 1 saturated heterocycles. The number of carbonyl (C=O) groups excluding carboxylic acids is 3. The zero-order valence-corrected chi connectivity index (χ0v) is 21.3. The van der Waals surface area contributed by atoms with Gasteiger partial charge in [0.1, 0.15) is 17.5 Å². The Balaban J connectivity index is 1.49. The molecule has 2 fully saturated rings. The van der Waals surface area contributed by atoms with Crippen molar-refractivity contribution in [2.75, 3.05) is 7.11 Å². The van der Waals surface area contributed by atoms with Crippen molar-refractivity contribution in [3.8, 4) is 11.8 Å². The number of ether oxygens (including phenoxy) is 1. The van der Waals surface area contributed by atoms with Crippen LogP contribution in [0.25, 0.3) is 10.9 Å². The van der Waals surface area contributed by atoms with Crippen LogP contribution in [0, 0.1) is 34.9 Å². The zero-order valence-electron chi connectivity index (χ0n) is 20.5. The topological polar surface area (TPSA) is 124 Å². The molecule has 3 N–H and O–H groups in total. The highest BCUT2D eigenvalue weighted by atomic mass is 35.5. The van der Waals surface area contributed by atoms with E-state index >= 15 is 4.39 Å². The number of ketones is 1. The molecule has 2 aliphatic rings. The third kappa shape index (κ3) is 5.49. The SMILES string of the molecule is COc1c(Cl)ccc2[nH]c(C(=O)C[C@@H](CC3CC3)C(=O)N[C@H](C#N)C[C@@H]3CC(C)(C)NC3=O)c(F)c12. The number of methoxy groups -OCH3 is 1. The Morgan fingerprint density at radius 2 is 2.06 bits per heavy atom. The summed E-state index contributed by atoms with van der Waals surface area (Å²) >= 11 is 6.11. The van der Waals surface area contributed by atoms with Gasteiger partial charge in [-0.3, -0.25) is 14.4 Å². The average molecular weight is 517 g/mol. The number of nitrogens with one attached hydrogen (secondary N) is 3. The molecule has 0 unspecified atom stereocenters. The summed E-state index contributed by atoms with van der Waals surface area (Å²) in [6.07, 6.45) is 2.96. The molecule has 1 aromatic heterocycles. The number of benzene rings is 1. The minimum Gasteiger partial charge on any atom is -0.494 e. The Labute approximate surface area is 213 Å². The fourth-order valence-corrected chi connectivity index (χ4v) is 5.29. The largest absolute Gasteiger partial charge is 0.494 e. The van der Waals surface area contributed by atoms with E-state index in [2.05, 4.69) is 21.7 Å². The molecule has 1 aliphatic heterocycles. The number of aromatic nitrogens is 1. The highest BCUT2D eigenvalue weighted by Gasteiger charge is 2.39. The maximum Gasteiger partial charge on any atom is 0.224 e. The Kier molecular flexibility index (Phi) is 7.28. The number of fused-ring (bicyclic) bond motifs is 1. The van der Waals surface area contributed by atoms with Crippen molar-refractivity contribution in [2.24, 2.45) is 17.8 Å². The zero-order chi connectivity index (χ0) is 26.2. The van der Waals surface area contributed by atoms with Crippen molar-refractivity contribution >= 4 is 40.1 Å². The molecular weight excluding hydrogens is 487 g/mol. The number of rotatable bonds is 10. The van der Waals surface area contributed by atoms with Gasteiger partial charge in [-0.25, -0.2) is 4.39 Å². The van der Waals surface area contributed by atoms with Crippen molar-refractivity contribution in [3.05, 3.63) is 28.7 Å². The molecule has 1 aliphatic carbocycles. The number of hydrogen-bond acceptors (Lipinski definition) is 5. The fraction of sp³-hybridized carbons (Fsp3) is 0.538. The molecule has 8 nitrogen and oxygen atoms in total. The minimum atomic E-state index is -0.866. The van der Waals surface area contributed by atoms with E-state index < -0.39 is 29.5 Å². The molecule has 2 heterocycles. The van der Waals surface area contributed by atoms with Gasteiger partial charge in [0.25, 0.3) is 0 Å². The smallest absolute Gasteiger partial charge is 0.224 e. The van der Waals surface area contributed by atoms with Gasteiger partial charge >= 0.3 is 0 Å². The number of aromatic amines is 1. The summed E-state index contributed by atoms with van der Waals surface area (Å²) in [6, 6.07) is 4.31. The van der Waals surface area contributed by atoms with E-state index in [1.165, 1.54) is 7.11 Å². The van der Waals surface area contributed by atoms with Crippen molar-refractivity contribution in [1.29, 1.82) is 5.26 Å². The highest BCUT2D eigenvalue weighted by molar-refractivity contribution is 6.33. The lowest BCUT2D eigenvalue weighted by atomic mass is 9.90. The Morgan fingerprint density at radius 1 is 1.33 bits per heavy atom. The molecule has 10 heteroatoms. The van der Waals surface area contributed by atoms with Gasteiger partial charge in [0.15, 0.2) is 11.6 Å². The predicted molar refractivity (Wildman–Crippen MR) is 132 cm³/mol. The molecule has 2 amide bonds. The summed E-state index contributed by atoms with van der Waals surface area (Å²) in [7, 11) is 1.37. The molecule has 0 radical (unpaired) electrons. The summed E-state index contributed by atoms with van der Waals surface area (Å²) in [5.74, 6) is -2.53. The van der Waals surface area contributed by atoms with Crippen LogP contribution in [-0.4, -0.2) is 41.3 Å².